The zero-order valence-corrected chi connectivity index (χ0v) is 8.09. The van der Waals surface area contributed by atoms with E-state index in [4.69, 9.17) is 0 Å². The smallest absolute Gasteiger partial charge is 0.0193 e. The molecule has 12 heavy (non-hydrogen) atoms. The van der Waals surface area contributed by atoms with E-state index in [0.29, 0.717) is 5.92 Å². The van der Waals surface area contributed by atoms with Crippen molar-refractivity contribution in [2.24, 2.45) is 5.92 Å². The first-order valence-corrected chi connectivity index (χ1v) is 4.38. The summed E-state index contributed by atoms with van der Waals surface area (Å²) >= 11 is 0. The van der Waals surface area contributed by atoms with Gasteiger partial charge in [0.15, 0.2) is 0 Å². The highest BCUT2D eigenvalue weighted by Gasteiger charge is 2.00. The van der Waals surface area contributed by atoms with Crippen LogP contribution in [0, 0.1) is 5.92 Å². The Morgan fingerprint density at radius 3 is 2.42 bits per heavy atom. The van der Waals surface area contributed by atoms with Crippen molar-refractivity contribution >= 4 is 0 Å². The second-order valence-corrected chi connectivity index (χ2v) is 2.81. The van der Waals surface area contributed by atoms with Crippen LogP contribution in [0.1, 0.15) is 20.3 Å². The molecule has 0 spiro atoms. The van der Waals surface area contributed by atoms with Crippen LogP contribution in [0.15, 0.2) is 49.1 Å². The lowest BCUT2D eigenvalue weighted by molar-refractivity contribution is 0.670. The zero-order chi connectivity index (χ0) is 9.40. The van der Waals surface area contributed by atoms with Crippen LogP contribution in [0.25, 0.3) is 0 Å². The van der Waals surface area contributed by atoms with Crippen molar-refractivity contribution in [3.63, 3.8) is 0 Å². The van der Waals surface area contributed by atoms with E-state index >= 15 is 0 Å². The van der Waals surface area contributed by atoms with Gasteiger partial charge in [0.05, 0.1) is 0 Å². The predicted octanol–water partition coefficient (Wildman–Crippen LogP) is 3.89. The van der Waals surface area contributed by atoms with E-state index in [1.807, 2.05) is 18.2 Å². The third-order valence-corrected chi connectivity index (χ3v) is 1.92. The number of hydrogen-bond donors (Lipinski definition) is 0. The maximum atomic E-state index is 3.69. The second-order valence-electron chi connectivity index (χ2n) is 2.81. The van der Waals surface area contributed by atoms with Gasteiger partial charge < -0.3 is 0 Å². The second kappa shape index (κ2) is 6.66. The van der Waals surface area contributed by atoms with E-state index in [-0.39, 0.29) is 0 Å². The Bertz CT molecular complexity index is 194. The molecule has 66 valence electrons. The van der Waals surface area contributed by atoms with Gasteiger partial charge in [0.2, 0.25) is 0 Å². The normalized spacial score (nSPS) is 14.7. The van der Waals surface area contributed by atoms with Gasteiger partial charge in [0, 0.05) is 0 Å². The standard InChI is InChI=1S/C12H18/c1-5-8-10-12(9-6-2)11(4)7-3/h5-6,8-11H,1-2,7H2,3-4H3/b10-8-,12-9+. The highest BCUT2D eigenvalue weighted by atomic mass is 14.1. The fourth-order valence-corrected chi connectivity index (χ4v) is 0.935. The molecule has 0 N–H and O–H groups in total. The molecular formula is C12H18. The number of rotatable bonds is 5. The molecule has 0 aliphatic carbocycles. The van der Waals surface area contributed by atoms with Crippen LogP contribution in [0.4, 0.5) is 0 Å². The Balaban J connectivity index is 4.42. The Hall–Kier alpha value is -1.04. The molecule has 0 saturated heterocycles. The Labute approximate surface area is 76.0 Å². The first-order chi connectivity index (χ1) is 5.76. The number of hydrogen-bond acceptors (Lipinski definition) is 0. The molecule has 0 bridgehead atoms. The first kappa shape index (κ1) is 11.0. The van der Waals surface area contributed by atoms with Crippen molar-refractivity contribution < 1.29 is 0 Å². The lowest BCUT2D eigenvalue weighted by Crippen LogP contribution is -1.94. The van der Waals surface area contributed by atoms with Gasteiger partial charge in [-0.15, -0.1) is 0 Å². The first-order valence-electron chi connectivity index (χ1n) is 4.38. The minimum absolute atomic E-state index is 0.596. The van der Waals surface area contributed by atoms with Crippen LogP contribution < -0.4 is 0 Å². The molecule has 0 aromatic rings. The van der Waals surface area contributed by atoms with E-state index in [9.17, 15) is 0 Å². The molecule has 0 aliphatic heterocycles. The summed E-state index contributed by atoms with van der Waals surface area (Å²) in [5.41, 5.74) is 1.31. The van der Waals surface area contributed by atoms with Crippen molar-refractivity contribution in [2.45, 2.75) is 20.3 Å². The summed E-state index contributed by atoms with van der Waals surface area (Å²) in [6.07, 6.45) is 10.9. The highest BCUT2D eigenvalue weighted by Crippen LogP contribution is 2.15. The van der Waals surface area contributed by atoms with Crippen LogP contribution in [-0.2, 0) is 0 Å². The van der Waals surface area contributed by atoms with Crippen molar-refractivity contribution in [3.05, 3.63) is 49.1 Å². The van der Waals surface area contributed by atoms with Gasteiger partial charge in [-0.05, 0) is 17.9 Å². The molecule has 0 radical (unpaired) electrons. The van der Waals surface area contributed by atoms with Gasteiger partial charge >= 0.3 is 0 Å². The van der Waals surface area contributed by atoms with Crippen molar-refractivity contribution in [3.8, 4) is 0 Å². The minimum atomic E-state index is 0.596. The van der Waals surface area contributed by atoms with Gasteiger partial charge in [-0.25, -0.2) is 0 Å². The molecule has 0 rings (SSSR count). The third kappa shape index (κ3) is 3.97. The highest BCUT2D eigenvalue weighted by molar-refractivity contribution is 5.26. The average Bonchev–Trinajstić information content (AvgIpc) is 2.11. The molecule has 0 nitrogen and oxygen atoms in total. The molecule has 0 heteroatoms. The largest absolute Gasteiger partial charge is 0.0991 e. The summed E-state index contributed by atoms with van der Waals surface area (Å²) in [5, 5.41) is 0. The molecule has 1 unspecified atom stereocenters. The summed E-state index contributed by atoms with van der Waals surface area (Å²) in [6.45, 7) is 11.7. The average molecular weight is 162 g/mol. The third-order valence-electron chi connectivity index (χ3n) is 1.92. The van der Waals surface area contributed by atoms with Crippen LogP contribution in [0.2, 0.25) is 0 Å². The van der Waals surface area contributed by atoms with Crippen LogP contribution in [-0.4, -0.2) is 0 Å². The molecule has 1 atom stereocenters. The quantitative estimate of drug-likeness (QED) is 0.538. The van der Waals surface area contributed by atoms with E-state index in [1.54, 1.807) is 6.08 Å². The lowest BCUT2D eigenvalue weighted by Gasteiger charge is -2.08. The van der Waals surface area contributed by atoms with Crippen molar-refractivity contribution in [2.75, 3.05) is 0 Å². The van der Waals surface area contributed by atoms with Crippen LogP contribution >= 0.6 is 0 Å². The zero-order valence-electron chi connectivity index (χ0n) is 8.09. The number of allylic oxidation sites excluding steroid dienone is 6. The van der Waals surface area contributed by atoms with Gasteiger partial charge in [0.25, 0.3) is 0 Å². The van der Waals surface area contributed by atoms with Gasteiger partial charge in [-0.1, -0.05) is 57.4 Å². The van der Waals surface area contributed by atoms with E-state index < -0.39 is 0 Å². The van der Waals surface area contributed by atoms with Gasteiger partial charge in [-0.2, -0.15) is 0 Å². The summed E-state index contributed by atoms with van der Waals surface area (Å²) in [7, 11) is 0. The molecule has 0 fully saturated rings. The van der Waals surface area contributed by atoms with Crippen LogP contribution in [0.5, 0.6) is 0 Å². The molecule has 0 aliphatic rings. The Morgan fingerprint density at radius 2 is 2.00 bits per heavy atom. The molecule has 0 amide bonds. The maximum absolute atomic E-state index is 3.69. The van der Waals surface area contributed by atoms with Gasteiger partial charge in [0.1, 0.15) is 0 Å². The molecule has 0 aromatic heterocycles. The monoisotopic (exact) mass is 162 g/mol. The summed E-state index contributed by atoms with van der Waals surface area (Å²) in [6, 6.07) is 0. The van der Waals surface area contributed by atoms with Gasteiger partial charge in [-0.3, -0.25) is 0 Å². The fourth-order valence-electron chi connectivity index (χ4n) is 0.935. The summed E-state index contributed by atoms with van der Waals surface area (Å²) in [4.78, 5) is 0. The van der Waals surface area contributed by atoms with E-state index in [0.717, 1.165) is 6.42 Å². The predicted molar refractivity (Wildman–Crippen MR) is 57.1 cm³/mol. The summed E-state index contributed by atoms with van der Waals surface area (Å²) in [5.74, 6) is 0.596. The van der Waals surface area contributed by atoms with Crippen molar-refractivity contribution in [1.29, 1.82) is 0 Å². The SMILES string of the molecule is C=C/C=C\C(=C/C=C)C(C)CC. The molecular weight excluding hydrogens is 144 g/mol. The molecule has 0 aromatic carbocycles. The Morgan fingerprint density at radius 1 is 1.33 bits per heavy atom. The lowest BCUT2D eigenvalue weighted by atomic mass is 9.97. The topological polar surface area (TPSA) is 0 Å². The minimum Gasteiger partial charge on any atom is -0.0991 e. The molecule has 0 saturated carbocycles. The fraction of sp³-hybridized carbons (Fsp3) is 0.333. The Kier molecular flexibility index (Phi) is 6.08. The van der Waals surface area contributed by atoms with Crippen LogP contribution in [0.3, 0.4) is 0 Å². The summed E-state index contributed by atoms with van der Waals surface area (Å²) < 4.78 is 0. The van der Waals surface area contributed by atoms with E-state index in [2.05, 4.69) is 33.1 Å². The maximum Gasteiger partial charge on any atom is -0.0193 e. The van der Waals surface area contributed by atoms with Crippen molar-refractivity contribution in [1.82, 2.24) is 0 Å². The molecule has 0 heterocycles. The van der Waals surface area contributed by atoms with E-state index in [1.165, 1.54) is 5.57 Å².